The van der Waals surface area contributed by atoms with Gasteiger partial charge in [0.2, 0.25) is 0 Å². The Morgan fingerprint density at radius 1 is 1.33 bits per heavy atom. The monoisotopic (exact) mass is 184 g/mol. The normalized spacial score (nSPS) is 16.4. The smallest absolute Gasteiger partial charge is 0.0909 e. The van der Waals surface area contributed by atoms with E-state index in [1.54, 1.807) is 11.3 Å². The topological polar surface area (TPSA) is 20.2 Å². The van der Waals surface area contributed by atoms with E-state index < -0.39 is 0 Å². The highest BCUT2D eigenvalue weighted by molar-refractivity contribution is 7.10. The summed E-state index contributed by atoms with van der Waals surface area (Å²) in [7, 11) is 0. The summed E-state index contributed by atoms with van der Waals surface area (Å²) in [6.45, 7) is 6.37. The number of thiophene rings is 1. The molecule has 1 heterocycles. The third-order valence-corrected chi connectivity index (χ3v) is 3.33. The lowest BCUT2D eigenvalue weighted by molar-refractivity contribution is 0.0953. The van der Waals surface area contributed by atoms with Gasteiger partial charge in [0.1, 0.15) is 0 Å². The highest BCUT2D eigenvalue weighted by atomic mass is 32.1. The van der Waals surface area contributed by atoms with Gasteiger partial charge in [0.15, 0.2) is 0 Å². The Labute approximate surface area is 78.1 Å². The van der Waals surface area contributed by atoms with Crippen LogP contribution in [0.3, 0.4) is 0 Å². The molecule has 0 aliphatic rings. The molecule has 0 amide bonds. The van der Waals surface area contributed by atoms with Gasteiger partial charge in [-0.25, -0.2) is 0 Å². The van der Waals surface area contributed by atoms with Gasteiger partial charge in [0, 0.05) is 4.88 Å². The fourth-order valence-corrected chi connectivity index (χ4v) is 1.91. The quantitative estimate of drug-likeness (QED) is 0.765. The molecule has 2 atom stereocenters. The van der Waals surface area contributed by atoms with Crippen molar-refractivity contribution in [1.29, 1.82) is 0 Å². The summed E-state index contributed by atoms with van der Waals surface area (Å²) in [4.78, 5) is 1.08. The predicted molar refractivity (Wildman–Crippen MR) is 53.3 cm³/mol. The third-order valence-electron chi connectivity index (χ3n) is 2.38. The van der Waals surface area contributed by atoms with Crippen molar-refractivity contribution in [1.82, 2.24) is 0 Å². The van der Waals surface area contributed by atoms with Crippen molar-refractivity contribution in [3.8, 4) is 0 Å². The van der Waals surface area contributed by atoms with Crippen LogP contribution in [0.15, 0.2) is 17.5 Å². The molecule has 0 aliphatic carbocycles. The summed E-state index contributed by atoms with van der Waals surface area (Å²) in [5.41, 5.74) is 0. The first kappa shape index (κ1) is 9.75. The Bertz CT molecular complexity index is 216. The van der Waals surface area contributed by atoms with E-state index in [1.165, 1.54) is 0 Å². The number of hydrogen-bond donors (Lipinski definition) is 1. The number of aliphatic hydroxyl groups is 1. The van der Waals surface area contributed by atoms with Gasteiger partial charge in [0.05, 0.1) is 6.10 Å². The number of rotatable bonds is 3. The lowest BCUT2D eigenvalue weighted by atomic mass is 9.91. The molecule has 1 rings (SSSR count). The summed E-state index contributed by atoms with van der Waals surface area (Å²) in [5, 5.41) is 11.9. The second-order valence-electron chi connectivity index (χ2n) is 3.56. The molecule has 12 heavy (non-hydrogen) atoms. The van der Waals surface area contributed by atoms with Crippen LogP contribution in [0, 0.1) is 11.8 Å². The molecule has 0 spiro atoms. The number of hydrogen-bond acceptors (Lipinski definition) is 2. The van der Waals surface area contributed by atoms with Gasteiger partial charge in [0.25, 0.3) is 0 Å². The fraction of sp³-hybridized carbons (Fsp3) is 0.600. The van der Waals surface area contributed by atoms with Crippen LogP contribution in [0.25, 0.3) is 0 Å². The zero-order valence-electron chi connectivity index (χ0n) is 7.82. The Balaban J connectivity index is 2.65. The van der Waals surface area contributed by atoms with E-state index in [1.807, 2.05) is 17.5 Å². The van der Waals surface area contributed by atoms with E-state index in [4.69, 9.17) is 0 Å². The first-order valence-electron chi connectivity index (χ1n) is 4.34. The van der Waals surface area contributed by atoms with Crippen LogP contribution in [0.1, 0.15) is 31.8 Å². The minimum atomic E-state index is -0.287. The van der Waals surface area contributed by atoms with Crippen molar-refractivity contribution in [2.75, 3.05) is 0 Å². The van der Waals surface area contributed by atoms with E-state index in [-0.39, 0.29) is 6.10 Å². The molecule has 1 N–H and O–H groups in total. The van der Waals surface area contributed by atoms with Gasteiger partial charge in [-0.05, 0) is 23.3 Å². The van der Waals surface area contributed by atoms with Crippen molar-refractivity contribution < 1.29 is 5.11 Å². The van der Waals surface area contributed by atoms with E-state index in [0.717, 1.165) is 4.88 Å². The van der Waals surface area contributed by atoms with Crippen molar-refractivity contribution in [2.24, 2.45) is 11.8 Å². The van der Waals surface area contributed by atoms with Crippen molar-refractivity contribution in [3.63, 3.8) is 0 Å². The molecule has 2 unspecified atom stereocenters. The van der Waals surface area contributed by atoms with E-state index >= 15 is 0 Å². The van der Waals surface area contributed by atoms with Gasteiger partial charge >= 0.3 is 0 Å². The zero-order valence-corrected chi connectivity index (χ0v) is 8.64. The van der Waals surface area contributed by atoms with Crippen LogP contribution in [0.4, 0.5) is 0 Å². The van der Waals surface area contributed by atoms with Crippen LogP contribution in [0.2, 0.25) is 0 Å². The highest BCUT2D eigenvalue weighted by Gasteiger charge is 2.19. The molecule has 1 aromatic rings. The summed E-state index contributed by atoms with van der Waals surface area (Å²) >= 11 is 1.63. The minimum Gasteiger partial charge on any atom is -0.387 e. The lowest BCUT2D eigenvalue weighted by Gasteiger charge is -2.20. The Hall–Kier alpha value is -0.340. The minimum absolute atomic E-state index is 0.287. The van der Waals surface area contributed by atoms with E-state index in [0.29, 0.717) is 11.8 Å². The van der Waals surface area contributed by atoms with Crippen LogP contribution in [-0.4, -0.2) is 5.11 Å². The van der Waals surface area contributed by atoms with Gasteiger partial charge in [-0.2, -0.15) is 0 Å². The summed E-state index contributed by atoms with van der Waals surface area (Å²) in [6, 6.07) is 3.98. The lowest BCUT2D eigenvalue weighted by Crippen LogP contribution is -2.13. The van der Waals surface area contributed by atoms with Crippen LogP contribution in [0.5, 0.6) is 0 Å². The molecule has 0 radical (unpaired) electrons. The molecule has 68 valence electrons. The molecule has 2 heteroatoms. The predicted octanol–water partition coefficient (Wildman–Crippen LogP) is 3.07. The van der Waals surface area contributed by atoms with Gasteiger partial charge in [-0.3, -0.25) is 0 Å². The molecule has 0 aliphatic heterocycles. The van der Waals surface area contributed by atoms with Crippen molar-refractivity contribution in [2.45, 2.75) is 26.9 Å². The first-order chi connectivity index (χ1) is 5.63. The third kappa shape index (κ3) is 2.08. The molecule has 0 aromatic carbocycles. The Kier molecular flexibility index (Phi) is 3.29. The highest BCUT2D eigenvalue weighted by Crippen LogP contribution is 2.29. The summed E-state index contributed by atoms with van der Waals surface area (Å²) in [6.07, 6.45) is -0.287. The maximum absolute atomic E-state index is 9.86. The second-order valence-corrected chi connectivity index (χ2v) is 4.54. The van der Waals surface area contributed by atoms with Crippen LogP contribution >= 0.6 is 11.3 Å². The average Bonchev–Trinajstić information content (AvgIpc) is 2.53. The van der Waals surface area contributed by atoms with Gasteiger partial charge in [-0.15, -0.1) is 11.3 Å². The van der Waals surface area contributed by atoms with Gasteiger partial charge < -0.3 is 5.11 Å². The van der Waals surface area contributed by atoms with Crippen molar-refractivity contribution in [3.05, 3.63) is 22.4 Å². The Morgan fingerprint density at radius 2 is 2.00 bits per heavy atom. The van der Waals surface area contributed by atoms with E-state index in [2.05, 4.69) is 20.8 Å². The molecule has 0 saturated carbocycles. The van der Waals surface area contributed by atoms with Crippen molar-refractivity contribution >= 4 is 11.3 Å². The molecule has 1 nitrogen and oxygen atoms in total. The average molecular weight is 184 g/mol. The maximum atomic E-state index is 9.86. The van der Waals surface area contributed by atoms with E-state index in [9.17, 15) is 5.11 Å². The Morgan fingerprint density at radius 3 is 2.42 bits per heavy atom. The summed E-state index contributed by atoms with van der Waals surface area (Å²) in [5.74, 6) is 0.866. The maximum Gasteiger partial charge on any atom is 0.0909 e. The van der Waals surface area contributed by atoms with Crippen LogP contribution < -0.4 is 0 Å². The zero-order chi connectivity index (χ0) is 9.14. The fourth-order valence-electron chi connectivity index (χ4n) is 1.08. The van der Waals surface area contributed by atoms with Gasteiger partial charge in [-0.1, -0.05) is 26.8 Å². The first-order valence-corrected chi connectivity index (χ1v) is 5.22. The van der Waals surface area contributed by atoms with Crippen LogP contribution in [-0.2, 0) is 0 Å². The molecule has 1 aromatic heterocycles. The number of aliphatic hydroxyl groups excluding tert-OH is 1. The molecular weight excluding hydrogens is 168 g/mol. The SMILES string of the molecule is CC(C)C(C)C(O)c1cccs1. The molecule has 0 fully saturated rings. The largest absolute Gasteiger partial charge is 0.387 e. The molecule has 0 saturated heterocycles. The second kappa shape index (κ2) is 4.06. The summed E-state index contributed by atoms with van der Waals surface area (Å²) < 4.78 is 0. The molecule has 0 bridgehead atoms. The standard InChI is InChI=1S/C10H16OS/c1-7(2)8(3)10(11)9-5-4-6-12-9/h4-8,10-11H,1-3H3. The molecular formula is C10H16OS.